The van der Waals surface area contributed by atoms with Crippen molar-refractivity contribution in [3.63, 3.8) is 0 Å². The molecule has 16 heavy (non-hydrogen) atoms. The molecule has 84 valence electrons. The SMILES string of the molecule is O=C(O)c1cc(Cl)c2c(c1O)C(=O)OCC2. The maximum Gasteiger partial charge on any atom is 0.342 e. The predicted octanol–water partition coefficient (Wildman–Crippen LogP) is 1.46. The highest BCUT2D eigenvalue weighted by Crippen LogP contribution is 2.35. The molecular formula is C10H7ClO5. The Kier molecular flexibility index (Phi) is 2.47. The number of ether oxygens (including phenoxy) is 1. The first kappa shape index (κ1) is 10.8. The van der Waals surface area contributed by atoms with Crippen LogP contribution in [0.1, 0.15) is 26.3 Å². The van der Waals surface area contributed by atoms with Crippen molar-refractivity contribution >= 4 is 23.5 Å². The lowest BCUT2D eigenvalue weighted by Gasteiger charge is -2.18. The molecule has 5 nitrogen and oxygen atoms in total. The van der Waals surface area contributed by atoms with Crippen LogP contribution in [0.3, 0.4) is 0 Å². The van der Waals surface area contributed by atoms with Crippen LogP contribution in [0.4, 0.5) is 0 Å². The molecule has 1 aliphatic heterocycles. The molecule has 0 bridgehead atoms. The summed E-state index contributed by atoms with van der Waals surface area (Å²) >= 11 is 5.85. The summed E-state index contributed by atoms with van der Waals surface area (Å²) in [6, 6.07) is 1.14. The fourth-order valence-electron chi connectivity index (χ4n) is 1.62. The molecule has 1 aliphatic rings. The fraction of sp³-hybridized carbons (Fsp3) is 0.200. The van der Waals surface area contributed by atoms with E-state index in [4.69, 9.17) is 21.4 Å². The van der Waals surface area contributed by atoms with Gasteiger partial charge in [0.2, 0.25) is 0 Å². The zero-order chi connectivity index (χ0) is 11.9. The van der Waals surface area contributed by atoms with Gasteiger partial charge >= 0.3 is 11.9 Å². The van der Waals surface area contributed by atoms with Gasteiger partial charge in [0.05, 0.1) is 6.61 Å². The highest BCUT2D eigenvalue weighted by molar-refractivity contribution is 6.32. The van der Waals surface area contributed by atoms with Crippen LogP contribution in [0.25, 0.3) is 0 Å². The number of carboxylic acids is 1. The Morgan fingerprint density at radius 1 is 1.50 bits per heavy atom. The summed E-state index contributed by atoms with van der Waals surface area (Å²) in [6.07, 6.45) is 0.368. The number of carbonyl (C=O) groups excluding carboxylic acids is 1. The second kappa shape index (κ2) is 3.68. The standard InChI is InChI=1S/C10H7ClO5/c11-6-3-5(9(13)14)8(12)7-4(6)1-2-16-10(7)15/h3,12H,1-2H2,(H,13,14). The third-order valence-electron chi connectivity index (χ3n) is 2.37. The minimum absolute atomic E-state index is 0.142. The van der Waals surface area contributed by atoms with E-state index in [1.807, 2.05) is 0 Å². The molecule has 0 amide bonds. The minimum atomic E-state index is -1.35. The molecular weight excluding hydrogens is 236 g/mol. The van der Waals surface area contributed by atoms with E-state index in [1.165, 1.54) is 0 Å². The average Bonchev–Trinajstić information content (AvgIpc) is 2.22. The zero-order valence-electron chi connectivity index (χ0n) is 7.99. The minimum Gasteiger partial charge on any atom is -0.506 e. The smallest absolute Gasteiger partial charge is 0.342 e. The van der Waals surface area contributed by atoms with Gasteiger partial charge in [-0.05, 0) is 11.6 Å². The largest absolute Gasteiger partial charge is 0.506 e. The quantitative estimate of drug-likeness (QED) is 0.729. The van der Waals surface area contributed by atoms with Crippen LogP contribution in [-0.2, 0) is 11.2 Å². The number of halogens is 1. The molecule has 0 atom stereocenters. The number of cyclic esters (lactones) is 1. The number of carboxylic acid groups (broad SMARTS) is 1. The Morgan fingerprint density at radius 3 is 2.81 bits per heavy atom. The van der Waals surface area contributed by atoms with Gasteiger partial charge in [-0.3, -0.25) is 0 Å². The van der Waals surface area contributed by atoms with E-state index in [2.05, 4.69) is 0 Å². The van der Waals surface area contributed by atoms with Crippen LogP contribution in [0, 0.1) is 0 Å². The molecule has 6 heteroatoms. The normalized spacial score (nSPS) is 14.2. The third-order valence-corrected chi connectivity index (χ3v) is 2.71. The summed E-state index contributed by atoms with van der Waals surface area (Å²) in [4.78, 5) is 22.2. The number of phenols is 1. The van der Waals surface area contributed by atoms with Gasteiger partial charge in [0, 0.05) is 11.4 Å². The fourth-order valence-corrected chi connectivity index (χ4v) is 1.92. The van der Waals surface area contributed by atoms with Crippen LogP contribution in [0.2, 0.25) is 5.02 Å². The maximum atomic E-state index is 11.4. The van der Waals surface area contributed by atoms with Crippen molar-refractivity contribution in [2.45, 2.75) is 6.42 Å². The lowest BCUT2D eigenvalue weighted by atomic mass is 9.98. The van der Waals surface area contributed by atoms with Crippen LogP contribution in [0.15, 0.2) is 6.07 Å². The van der Waals surface area contributed by atoms with Crippen molar-refractivity contribution < 1.29 is 24.5 Å². The number of esters is 1. The molecule has 0 radical (unpaired) electrons. The Balaban J connectivity index is 2.74. The molecule has 0 unspecified atom stereocenters. The van der Waals surface area contributed by atoms with Crippen molar-refractivity contribution in [2.75, 3.05) is 6.61 Å². The Labute approximate surface area is 95.2 Å². The second-order valence-electron chi connectivity index (χ2n) is 3.30. The van der Waals surface area contributed by atoms with Gasteiger partial charge < -0.3 is 14.9 Å². The highest BCUT2D eigenvalue weighted by Gasteiger charge is 2.28. The summed E-state index contributed by atoms with van der Waals surface area (Å²) in [6.45, 7) is 0.178. The van der Waals surface area contributed by atoms with Crippen molar-refractivity contribution in [1.82, 2.24) is 0 Å². The topological polar surface area (TPSA) is 83.8 Å². The zero-order valence-corrected chi connectivity index (χ0v) is 8.74. The number of aromatic hydroxyl groups is 1. The van der Waals surface area contributed by atoms with Gasteiger partial charge in [-0.2, -0.15) is 0 Å². The third kappa shape index (κ3) is 1.49. The van der Waals surface area contributed by atoms with Gasteiger partial charge in [0.25, 0.3) is 0 Å². The molecule has 0 aliphatic carbocycles. The number of hydrogen-bond donors (Lipinski definition) is 2. The van der Waals surface area contributed by atoms with Crippen molar-refractivity contribution in [2.24, 2.45) is 0 Å². The lowest BCUT2D eigenvalue weighted by Crippen LogP contribution is -2.19. The number of benzene rings is 1. The number of aromatic carboxylic acids is 1. The molecule has 0 aromatic heterocycles. The van der Waals surface area contributed by atoms with Crippen LogP contribution >= 0.6 is 11.6 Å². The van der Waals surface area contributed by atoms with E-state index in [0.717, 1.165) is 6.07 Å². The summed E-state index contributed by atoms with van der Waals surface area (Å²) in [7, 11) is 0. The van der Waals surface area contributed by atoms with Crippen molar-refractivity contribution in [3.8, 4) is 5.75 Å². The lowest BCUT2D eigenvalue weighted by molar-refractivity contribution is 0.0476. The van der Waals surface area contributed by atoms with Crippen LogP contribution < -0.4 is 0 Å². The molecule has 0 spiro atoms. The van der Waals surface area contributed by atoms with E-state index < -0.39 is 23.3 Å². The van der Waals surface area contributed by atoms with Crippen molar-refractivity contribution in [1.29, 1.82) is 0 Å². The second-order valence-corrected chi connectivity index (χ2v) is 3.71. The van der Waals surface area contributed by atoms with Crippen LogP contribution in [-0.4, -0.2) is 28.8 Å². The summed E-state index contributed by atoms with van der Waals surface area (Å²) < 4.78 is 4.72. The Bertz CT molecular complexity index is 494. The monoisotopic (exact) mass is 242 g/mol. The summed E-state index contributed by atoms with van der Waals surface area (Å²) in [5.74, 6) is -2.68. The van der Waals surface area contributed by atoms with E-state index in [0.29, 0.717) is 12.0 Å². The van der Waals surface area contributed by atoms with E-state index >= 15 is 0 Å². The molecule has 1 aromatic carbocycles. The van der Waals surface area contributed by atoms with E-state index in [1.54, 1.807) is 0 Å². The predicted molar refractivity (Wildman–Crippen MR) is 54.1 cm³/mol. The van der Waals surface area contributed by atoms with Gasteiger partial charge in [0.15, 0.2) is 0 Å². The molecule has 0 saturated carbocycles. The first-order valence-electron chi connectivity index (χ1n) is 4.47. The van der Waals surface area contributed by atoms with E-state index in [9.17, 15) is 14.7 Å². The van der Waals surface area contributed by atoms with Crippen LogP contribution in [0.5, 0.6) is 5.75 Å². The molecule has 1 aromatic rings. The van der Waals surface area contributed by atoms with Gasteiger partial charge in [-0.1, -0.05) is 11.6 Å². The first-order chi connectivity index (χ1) is 7.52. The number of rotatable bonds is 1. The Morgan fingerprint density at radius 2 is 2.19 bits per heavy atom. The summed E-state index contributed by atoms with van der Waals surface area (Å²) in [5.41, 5.74) is -0.112. The van der Waals surface area contributed by atoms with E-state index in [-0.39, 0.29) is 17.2 Å². The molecule has 2 N–H and O–H groups in total. The first-order valence-corrected chi connectivity index (χ1v) is 4.85. The molecule has 2 rings (SSSR count). The molecule has 0 saturated heterocycles. The number of carbonyl (C=O) groups is 2. The summed E-state index contributed by atoms with van der Waals surface area (Å²) in [5, 5.41) is 18.6. The molecule has 0 fully saturated rings. The number of hydrogen-bond acceptors (Lipinski definition) is 4. The van der Waals surface area contributed by atoms with Gasteiger partial charge in [-0.25, -0.2) is 9.59 Å². The molecule has 1 heterocycles. The Hall–Kier alpha value is -1.75. The van der Waals surface area contributed by atoms with Gasteiger partial charge in [0.1, 0.15) is 16.9 Å². The average molecular weight is 243 g/mol. The maximum absolute atomic E-state index is 11.4. The highest BCUT2D eigenvalue weighted by atomic mass is 35.5. The van der Waals surface area contributed by atoms with Crippen molar-refractivity contribution in [3.05, 3.63) is 27.8 Å². The number of fused-ring (bicyclic) bond motifs is 1. The van der Waals surface area contributed by atoms with Gasteiger partial charge in [-0.15, -0.1) is 0 Å².